The van der Waals surface area contributed by atoms with Crippen molar-refractivity contribution in [2.24, 2.45) is 5.92 Å². The fourth-order valence-corrected chi connectivity index (χ4v) is 4.49. The Hall–Kier alpha value is -1.75. The molecule has 1 aromatic rings. The maximum atomic E-state index is 13.2. The van der Waals surface area contributed by atoms with E-state index in [-0.39, 0.29) is 11.6 Å². The summed E-state index contributed by atoms with van der Waals surface area (Å²) >= 11 is 0. The monoisotopic (exact) mass is 371 g/mol. The van der Waals surface area contributed by atoms with Gasteiger partial charge in [0.1, 0.15) is 5.75 Å². The van der Waals surface area contributed by atoms with Gasteiger partial charge >= 0.3 is 6.03 Å². The van der Waals surface area contributed by atoms with Crippen LogP contribution in [0.15, 0.2) is 24.3 Å². The van der Waals surface area contributed by atoms with E-state index >= 15 is 0 Å². The average molecular weight is 372 g/mol. The first kappa shape index (κ1) is 18.6. The number of carbonyl (C=O) groups is 1. The van der Waals surface area contributed by atoms with Crippen LogP contribution >= 0.6 is 0 Å². The standard InChI is InChI=1S/C22H33N3O2/c1-17(2)15-27-20-6-4-18(5-7-20)14-24-16-22(10-11-22)25(21(24)26)19-8-12-23(3)13-9-19/h4-7,17,19H,8-16H2,1-3H3. The number of ether oxygens (including phenoxy) is 1. The quantitative estimate of drug-likeness (QED) is 0.767. The van der Waals surface area contributed by atoms with Crippen LogP contribution in [-0.4, -0.2) is 65.6 Å². The number of carbonyl (C=O) groups excluding carboxylic acids is 1. The number of rotatable bonds is 6. The second kappa shape index (κ2) is 7.34. The molecule has 0 atom stereocenters. The van der Waals surface area contributed by atoms with Crippen molar-refractivity contribution in [3.05, 3.63) is 29.8 Å². The summed E-state index contributed by atoms with van der Waals surface area (Å²) in [7, 11) is 2.18. The smallest absolute Gasteiger partial charge is 0.321 e. The maximum Gasteiger partial charge on any atom is 0.321 e. The van der Waals surface area contributed by atoms with Crippen LogP contribution in [0.4, 0.5) is 4.79 Å². The van der Waals surface area contributed by atoms with Gasteiger partial charge in [0, 0.05) is 19.1 Å². The van der Waals surface area contributed by atoms with Crippen LogP contribution in [0.5, 0.6) is 5.75 Å². The van der Waals surface area contributed by atoms with Gasteiger partial charge in [0.05, 0.1) is 12.1 Å². The van der Waals surface area contributed by atoms with Crippen molar-refractivity contribution >= 4 is 6.03 Å². The Morgan fingerprint density at radius 2 is 1.81 bits per heavy atom. The Morgan fingerprint density at radius 1 is 1.15 bits per heavy atom. The Labute approximate surface area is 163 Å². The van der Waals surface area contributed by atoms with E-state index in [1.54, 1.807) is 0 Å². The van der Waals surface area contributed by atoms with Gasteiger partial charge in [-0.3, -0.25) is 0 Å². The molecule has 5 heteroatoms. The number of likely N-dealkylation sites (tertiary alicyclic amines) is 1. The van der Waals surface area contributed by atoms with E-state index in [9.17, 15) is 4.79 Å². The molecule has 0 bridgehead atoms. The Kier molecular flexibility index (Phi) is 5.06. The lowest BCUT2D eigenvalue weighted by Crippen LogP contribution is -2.49. The summed E-state index contributed by atoms with van der Waals surface area (Å²) in [5.41, 5.74) is 1.32. The first-order valence-corrected chi connectivity index (χ1v) is 10.5. The number of hydrogen-bond acceptors (Lipinski definition) is 3. The van der Waals surface area contributed by atoms with E-state index in [2.05, 4.69) is 47.7 Å². The summed E-state index contributed by atoms with van der Waals surface area (Å²) in [5, 5.41) is 0. The van der Waals surface area contributed by atoms with E-state index in [1.807, 2.05) is 12.1 Å². The molecule has 0 unspecified atom stereocenters. The van der Waals surface area contributed by atoms with Crippen LogP contribution in [0, 0.1) is 5.92 Å². The summed E-state index contributed by atoms with van der Waals surface area (Å²) in [6, 6.07) is 8.93. The van der Waals surface area contributed by atoms with E-state index in [0.717, 1.165) is 44.8 Å². The summed E-state index contributed by atoms with van der Waals surface area (Å²) in [6.07, 6.45) is 4.56. The number of urea groups is 1. The molecule has 148 valence electrons. The van der Waals surface area contributed by atoms with Gasteiger partial charge in [0.25, 0.3) is 0 Å². The van der Waals surface area contributed by atoms with Crippen molar-refractivity contribution in [2.45, 2.75) is 57.7 Å². The number of hydrogen-bond donors (Lipinski definition) is 0. The van der Waals surface area contributed by atoms with Crippen molar-refractivity contribution in [1.29, 1.82) is 0 Å². The first-order valence-electron chi connectivity index (χ1n) is 10.5. The first-order chi connectivity index (χ1) is 13.0. The number of nitrogens with zero attached hydrogens (tertiary/aromatic N) is 3. The molecule has 3 fully saturated rings. The predicted octanol–water partition coefficient (Wildman–Crippen LogP) is 3.59. The molecule has 3 aliphatic rings. The zero-order valence-corrected chi connectivity index (χ0v) is 17.0. The number of amides is 2. The molecule has 1 saturated carbocycles. The van der Waals surface area contributed by atoms with Crippen molar-refractivity contribution in [3.63, 3.8) is 0 Å². The largest absolute Gasteiger partial charge is 0.493 e. The van der Waals surface area contributed by atoms with Gasteiger partial charge in [0.2, 0.25) is 0 Å². The second-order valence-electron chi connectivity index (χ2n) is 9.12. The highest BCUT2D eigenvalue weighted by Crippen LogP contribution is 2.49. The van der Waals surface area contributed by atoms with E-state index in [1.165, 1.54) is 18.4 Å². The molecule has 0 N–H and O–H groups in total. The third kappa shape index (κ3) is 3.93. The third-order valence-electron chi connectivity index (χ3n) is 6.23. The summed E-state index contributed by atoms with van der Waals surface area (Å²) in [4.78, 5) is 19.9. The zero-order valence-electron chi connectivity index (χ0n) is 17.0. The maximum absolute atomic E-state index is 13.2. The van der Waals surface area contributed by atoms with Gasteiger partial charge in [-0.05, 0) is 69.4 Å². The van der Waals surface area contributed by atoms with Crippen LogP contribution in [0.1, 0.15) is 45.1 Å². The SMILES string of the molecule is CC(C)COc1ccc(CN2CC3(CC3)N(C3CCN(C)CC3)C2=O)cc1. The zero-order chi connectivity index (χ0) is 19.0. The molecule has 27 heavy (non-hydrogen) atoms. The Balaban J connectivity index is 1.39. The molecule has 4 rings (SSSR count). The van der Waals surface area contributed by atoms with Gasteiger partial charge in [-0.25, -0.2) is 4.79 Å². The summed E-state index contributed by atoms with van der Waals surface area (Å²) in [5.74, 6) is 1.43. The Morgan fingerprint density at radius 3 is 2.41 bits per heavy atom. The van der Waals surface area contributed by atoms with Gasteiger partial charge in [-0.15, -0.1) is 0 Å². The predicted molar refractivity (Wildman–Crippen MR) is 107 cm³/mol. The van der Waals surface area contributed by atoms with Gasteiger partial charge in [-0.1, -0.05) is 26.0 Å². The fraction of sp³-hybridized carbons (Fsp3) is 0.682. The van der Waals surface area contributed by atoms with Crippen LogP contribution < -0.4 is 4.74 Å². The minimum Gasteiger partial charge on any atom is -0.493 e. The highest BCUT2D eigenvalue weighted by molar-refractivity contribution is 5.79. The van der Waals surface area contributed by atoms with E-state index < -0.39 is 0 Å². The molecule has 2 aliphatic heterocycles. The molecule has 1 aliphatic carbocycles. The normalized spacial score (nSPS) is 22.9. The molecule has 0 aromatic heterocycles. The van der Waals surface area contributed by atoms with Gasteiger partial charge < -0.3 is 19.4 Å². The van der Waals surface area contributed by atoms with Crippen molar-refractivity contribution in [2.75, 3.05) is 33.3 Å². The summed E-state index contributed by atoms with van der Waals surface area (Å²) < 4.78 is 5.77. The molecular formula is C22H33N3O2. The average Bonchev–Trinajstić information content (AvgIpc) is 3.36. The third-order valence-corrected chi connectivity index (χ3v) is 6.23. The molecule has 5 nitrogen and oxygen atoms in total. The molecular weight excluding hydrogens is 338 g/mol. The lowest BCUT2D eigenvalue weighted by molar-refractivity contribution is 0.116. The topological polar surface area (TPSA) is 36.0 Å². The lowest BCUT2D eigenvalue weighted by atomic mass is 10.0. The van der Waals surface area contributed by atoms with Crippen molar-refractivity contribution in [1.82, 2.24) is 14.7 Å². The fourth-order valence-electron chi connectivity index (χ4n) is 4.49. The van der Waals surface area contributed by atoms with Crippen molar-refractivity contribution < 1.29 is 9.53 Å². The van der Waals surface area contributed by atoms with E-state index in [4.69, 9.17) is 4.74 Å². The molecule has 1 aromatic carbocycles. The van der Waals surface area contributed by atoms with Crippen LogP contribution in [0.3, 0.4) is 0 Å². The summed E-state index contributed by atoms with van der Waals surface area (Å²) in [6.45, 7) is 8.83. The minimum absolute atomic E-state index is 0.137. The molecule has 2 saturated heterocycles. The number of benzene rings is 1. The lowest BCUT2D eigenvalue weighted by Gasteiger charge is -2.37. The number of piperidine rings is 1. The molecule has 2 heterocycles. The van der Waals surface area contributed by atoms with Crippen LogP contribution in [0.2, 0.25) is 0 Å². The molecule has 0 radical (unpaired) electrons. The van der Waals surface area contributed by atoms with Crippen LogP contribution in [0.25, 0.3) is 0 Å². The minimum atomic E-state index is 0.137. The highest BCUT2D eigenvalue weighted by atomic mass is 16.5. The molecule has 1 spiro atoms. The van der Waals surface area contributed by atoms with Gasteiger partial charge in [-0.2, -0.15) is 0 Å². The van der Waals surface area contributed by atoms with Crippen LogP contribution in [-0.2, 0) is 6.54 Å². The molecule has 2 amide bonds. The van der Waals surface area contributed by atoms with Gasteiger partial charge in [0.15, 0.2) is 0 Å². The van der Waals surface area contributed by atoms with Crippen molar-refractivity contribution in [3.8, 4) is 5.75 Å². The highest BCUT2D eigenvalue weighted by Gasteiger charge is 2.59. The van der Waals surface area contributed by atoms with E-state index in [0.29, 0.717) is 18.5 Å². The second-order valence-corrected chi connectivity index (χ2v) is 9.12. The Bertz CT molecular complexity index is 661.